The standard InChI is InChI=1S/C25H32N8O2/c1-27-14-21(22(26)25(35)33(2)18-6-4-3-5-7-18)32-24(34)23-20(30-17-12-28-15-29-13-17)11-10-19(31-23)16-8-9-16/h10-16,18,21,26,30H,3-9H2,1-2H3,(H,32,34). The van der Waals surface area contributed by atoms with Crippen molar-refractivity contribution in [2.75, 3.05) is 19.4 Å². The Labute approximate surface area is 205 Å². The minimum absolute atomic E-state index is 0.118. The Morgan fingerprint density at radius 2 is 1.86 bits per heavy atom. The van der Waals surface area contributed by atoms with E-state index in [1.807, 2.05) is 12.1 Å². The summed E-state index contributed by atoms with van der Waals surface area (Å²) in [5.41, 5.74) is 1.93. The van der Waals surface area contributed by atoms with E-state index in [1.165, 1.54) is 19.0 Å². The predicted molar refractivity (Wildman–Crippen MR) is 135 cm³/mol. The third-order valence-corrected chi connectivity index (χ3v) is 6.54. The molecule has 2 heterocycles. The van der Waals surface area contributed by atoms with E-state index in [4.69, 9.17) is 5.41 Å². The van der Waals surface area contributed by atoms with Crippen molar-refractivity contribution in [1.29, 1.82) is 5.41 Å². The van der Waals surface area contributed by atoms with Gasteiger partial charge in [-0.25, -0.2) is 15.0 Å². The molecule has 1 unspecified atom stereocenters. The Morgan fingerprint density at radius 1 is 1.14 bits per heavy atom. The second kappa shape index (κ2) is 11.2. The maximum Gasteiger partial charge on any atom is 0.272 e. The molecule has 3 N–H and O–H groups in total. The molecule has 10 nitrogen and oxygen atoms in total. The van der Waals surface area contributed by atoms with Crippen LogP contribution in [0.3, 0.4) is 0 Å². The Bertz CT molecular complexity index is 1090. The fourth-order valence-corrected chi connectivity index (χ4v) is 4.37. The fraction of sp³-hybridized carbons (Fsp3) is 0.480. The Kier molecular flexibility index (Phi) is 7.79. The van der Waals surface area contributed by atoms with Crippen molar-refractivity contribution in [2.24, 2.45) is 4.99 Å². The molecular formula is C25H32N8O2. The zero-order valence-corrected chi connectivity index (χ0v) is 20.2. The lowest BCUT2D eigenvalue weighted by atomic mass is 9.94. The van der Waals surface area contributed by atoms with Crippen molar-refractivity contribution in [1.82, 2.24) is 25.2 Å². The van der Waals surface area contributed by atoms with Crippen LogP contribution in [-0.2, 0) is 4.79 Å². The summed E-state index contributed by atoms with van der Waals surface area (Å²) in [5.74, 6) is -0.538. The molecule has 2 aromatic rings. The van der Waals surface area contributed by atoms with Crippen LogP contribution in [0.15, 0.2) is 35.8 Å². The van der Waals surface area contributed by atoms with E-state index in [0.717, 1.165) is 44.2 Å². The zero-order valence-electron chi connectivity index (χ0n) is 20.2. The summed E-state index contributed by atoms with van der Waals surface area (Å²) in [7, 11) is 3.29. The molecule has 2 aliphatic carbocycles. The number of carbonyl (C=O) groups excluding carboxylic acids is 2. The van der Waals surface area contributed by atoms with Crippen LogP contribution in [-0.4, -0.2) is 69.8 Å². The van der Waals surface area contributed by atoms with Gasteiger partial charge < -0.3 is 15.5 Å². The fourth-order valence-electron chi connectivity index (χ4n) is 4.37. The molecule has 2 aromatic heterocycles. The van der Waals surface area contributed by atoms with Gasteiger partial charge in [0.25, 0.3) is 11.8 Å². The lowest BCUT2D eigenvalue weighted by molar-refractivity contribution is -0.125. The van der Waals surface area contributed by atoms with Gasteiger partial charge in [0.2, 0.25) is 0 Å². The van der Waals surface area contributed by atoms with Gasteiger partial charge in [0.15, 0.2) is 5.69 Å². The van der Waals surface area contributed by atoms with Gasteiger partial charge in [0.1, 0.15) is 18.1 Å². The van der Waals surface area contributed by atoms with Crippen LogP contribution < -0.4 is 10.6 Å². The van der Waals surface area contributed by atoms with Gasteiger partial charge in [0.05, 0.1) is 23.8 Å². The van der Waals surface area contributed by atoms with Gasteiger partial charge in [0, 0.05) is 38.0 Å². The van der Waals surface area contributed by atoms with Crippen molar-refractivity contribution < 1.29 is 9.59 Å². The molecule has 2 amide bonds. The van der Waals surface area contributed by atoms with E-state index in [9.17, 15) is 9.59 Å². The molecule has 0 aliphatic heterocycles. The molecule has 2 aliphatic rings. The largest absolute Gasteiger partial charge is 0.351 e. The summed E-state index contributed by atoms with van der Waals surface area (Å²) >= 11 is 0. The maximum atomic E-state index is 13.4. The monoisotopic (exact) mass is 476 g/mol. The number of nitrogens with one attached hydrogen (secondary N) is 3. The first kappa shape index (κ1) is 24.4. The zero-order chi connectivity index (χ0) is 24.8. The number of aromatic nitrogens is 3. The van der Waals surface area contributed by atoms with Gasteiger partial charge in [-0.2, -0.15) is 0 Å². The van der Waals surface area contributed by atoms with Crippen LogP contribution in [0.1, 0.15) is 67.0 Å². The molecule has 1 atom stereocenters. The smallest absolute Gasteiger partial charge is 0.272 e. The van der Waals surface area contributed by atoms with Gasteiger partial charge in [-0.3, -0.25) is 20.0 Å². The maximum absolute atomic E-state index is 13.4. The van der Waals surface area contributed by atoms with Crippen LogP contribution in [0.2, 0.25) is 0 Å². The van der Waals surface area contributed by atoms with E-state index < -0.39 is 17.9 Å². The number of amides is 2. The lowest BCUT2D eigenvalue weighted by Gasteiger charge is -2.32. The third-order valence-electron chi connectivity index (χ3n) is 6.54. The van der Waals surface area contributed by atoms with Gasteiger partial charge in [-0.1, -0.05) is 19.3 Å². The third kappa shape index (κ3) is 6.06. The molecule has 0 radical (unpaired) electrons. The summed E-state index contributed by atoms with van der Waals surface area (Å²) in [6.07, 6.45) is 13.3. The van der Waals surface area contributed by atoms with E-state index in [2.05, 4.69) is 30.6 Å². The minimum Gasteiger partial charge on any atom is -0.351 e. The predicted octanol–water partition coefficient (Wildman–Crippen LogP) is 3.10. The quantitative estimate of drug-likeness (QED) is 0.476. The average Bonchev–Trinajstić information content (AvgIpc) is 3.74. The molecule has 2 fully saturated rings. The van der Waals surface area contributed by atoms with Crippen LogP contribution in [0.5, 0.6) is 0 Å². The van der Waals surface area contributed by atoms with Crippen molar-refractivity contribution in [3.05, 3.63) is 42.2 Å². The van der Waals surface area contributed by atoms with Crippen LogP contribution in [0.4, 0.5) is 11.4 Å². The first-order chi connectivity index (χ1) is 17.0. The minimum atomic E-state index is -0.967. The molecule has 0 spiro atoms. The number of pyridine rings is 1. The van der Waals surface area contributed by atoms with Crippen LogP contribution >= 0.6 is 0 Å². The number of carbonyl (C=O) groups is 2. The van der Waals surface area contributed by atoms with E-state index in [1.54, 1.807) is 31.4 Å². The summed E-state index contributed by atoms with van der Waals surface area (Å²) in [4.78, 5) is 44.8. The normalized spacial score (nSPS) is 17.1. The Balaban J connectivity index is 1.54. The van der Waals surface area contributed by atoms with Crippen molar-refractivity contribution >= 4 is 35.1 Å². The number of rotatable bonds is 9. The van der Waals surface area contributed by atoms with Gasteiger partial charge >= 0.3 is 0 Å². The molecule has 184 valence electrons. The summed E-state index contributed by atoms with van der Waals surface area (Å²) < 4.78 is 0. The summed E-state index contributed by atoms with van der Waals surface area (Å²) in [6, 6.07) is 2.88. The molecule has 35 heavy (non-hydrogen) atoms. The number of hydrogen-bond donors (Lipinski definition) is 3. The highest BCUT2D eigenvalue weighted by molar-refractivity contribution is 6.42. The average molecular weight is 477 g/mol. The molecular weight excluding hydrogens is 444 g/mol. The van der Waals surface area contributed by atoms with E-state index >= 15 is 0 Å². The second-order valence-electron chi connectivity index (χ2n) is 9.14. The Morgan fingerprint density at radius 3 is 2.51 bits per heavy atom. The van der Waals surface area contributed by atoms with Crippen LogP contribution in [0, 0.1) is 5.41 Å². The highest BCUT2D eigenvalue weighted by atomic mass is 16.2. The highest BCUT2D eigenvalue weighted by Crippen LogP contribution is 2.39. The SMILES string of the molecule is CN=CC(NC(=O)c1nc(C2CC2)ccc1Nc1cncnc1)C(=N)C(=O)N(C)C1CCCCC1. The van der Waals surface area contributed by atoms with Gasteiger partial charge in [-0.05, 0) is 37.8 Å². The van der Waals surface area contributed by atoms with Crippen LogP contribution in [0.25, 0.3) is 0 Å². The van der Waals surface area contributed by atoms with Crippen molar-refractivity contribution in [3.8, 4) is 0 Å². The lowest BCUT2D eigenvalue weighted by Crippen LogP contribution is -2.51. The molecule has 4 rings (SSSR count). The van der Waals surface area contributed by atoms with E-state index in [0.29, 0.717) is 17.3 Å². The Hall–Kier alpha value is -3.69. The molecule has 0 aromatic carbocycles. The molecule has 0 bridgehead atoms. The summed E-state index contributed by atoms with van der Waals surface area (Å²) in [6.45, 7) is 0. The number of anilines is 2. The molecule has 10 heteroatoms. The number of aliphatic imine (C=N–C) groups is 1. The first-order valence-corrected chi connectivity index (χ1v) is 12.1. The topological polar surface area (TPSA) is 136 Å². The second-order valence-corrected chi connectivity index (χ2v) is 9.14. The molecule has 0 saturated heterocycles. The molecule has 2 saturated carbocycles. The van der Waals surface area contributed by atoms with Crippen molar-refractivity contribution in [3.63, 3.8) is 0 Å². The number of hydrogen-bond acceptors (Lipinski definition) is 8. The first-order valence-electron chi connectivity index (χ1n) is 12.1. The number of nitrogens with zero attached hydrogens (tertiary/aromatic N) is 5. The van der Waals surface area contributed by atoms with E-state index in [-0.39, 0.29) is 17.4 Å². The summed E-state index contributed by atoms with van der Waals surface area (Å²) in [5, 5.41) is 14.5. The highest BCUT2D eigenvalue weighted by Gasteiger charge is 2.31. The van der Waals surface area contributed by atoms with Crippen molar-refractivity contribution in [2.45, 2.75) is 62.9 Å². The van der Waals surface area contributed by atoms with Gasteiger partial charge in [-0.15, -0.1) is 0 Å².